The molecule has 6 rings (SSSR count). The zero-order valence-corrected chi connectivity index (χ0v) is 20.4. The maximum atomic E-state index is 13.4. The highest BCUT2D eigenvalue weighted by atomic mass is 35.5. The zero-order chi connectivity index (χ0) is 24.6. The molecule has 1 fully saturated rings. The number of aromatic nitrogens is 6. The molecule has 182 valence electrons. The highest BCUT2D eigenvalue weighted by Gasteiger charge is 2.18. The van der Waals surface area contributed by atoms with Gasteiger partial charge in [-0.1, -0.05) is 30.7 Å². The summed E-state index contributed by atoms with van der Waals surface area (Å²) in [5, 5.41) is 3.95. The second-order valence-corrected chi connectivity index (χ2v) is 8.98. The van der Waals surface area contributed by atoms with Gasteiger partial charge in [0, 0.05) is 44.8 Å². The molecule has 1 aliphatic heterocycles. The third-order valence-electron chi connectivity index (χ3n) is 6.52. The van der Waals surface area contributed by atoms with Gasteiger partial charge in [-0.05, 0) is 30.8 Å². The highest BCUT2D eigenvalue weighted by molar-refractivity contribution is 6.32. The number of hydrogen-bond donors (Lipinski definition) is 1. The Bertz CT molecular complexity index is 1600. The van der Waals surface area contributed by atoms with E-state index in [9.17, 15) is 4.79 Å². The van der Waals surface area contributed by atoms with E-state index in [4.69, 9.17) is 11.6 Å². The molecule has 0 spiro atoms. The first-order valence-electron chi connectivity index (χ1n) is 11.8. The fourth-order valence-electron chi connectivity index (χ4n) is 4.54. The molecule has 5 heterocycles. The summed E-state index contributed by atoms with van der Waals surface area (Å²) in [6.45, 7) is 7.37. The number of imidazole rings is 1. The van der Waals surface area contributed by atoms with Gasteiger partial charge in [-0.2, -0.15) is 4.98 Å². The van der Waals surface area contributed by atoms with Gasteiger partial charge in [-0.15, -0.1) is 0 Å². The van der Waals surface area contributed by atoms with E-state index in [0.29, 0.717) is 39.3 Å². The van der Waals surface area contributed by atoms with Gasteiger partial charge < -0.3 is 15.1 Å². The molecule has 1 N–H and O–H groups in total. The molecule has 0 amide bonds. The predicted molar refractivity (Wildman–Crippen MR) is 141 cm³/mol. The summed E-state index contributed by atoms with van der Waals surface area (Å²) >= 11 is 6.39. The maximum Gasteiger partial charge on any atom is 0.270 e. The number of halogens is 1. The van der Waals surface area contributed by atoms with Crippen LogP contribution in [0.25, 0.3) is 22.5 Å². The number of nitrogens with one attached hydrogen (secondary N) is 1. The number of nitrogens with zero attached hydrogens (tertiary/aromatic N) is 8. The molecule has 1 aromatic carbocycles. The minimum atomic E-state index is -0.297. The number of benzene rings is 1. The number of piperazine rings is 1. The van der Waals surface area contributed by atoms with Crippen molar-refractivity contribution in [2.24, 2.45) is 0 Å². The van der Waals surface area contributed by atoms with E-state index in [1.165, 1.54) is 10.8 Å². The first kappa shape index (κ1) is 22.4. The lowest BCUT2D eigenvalue weighted by atomic mass is 10.2. The minimum absolute atomic E-state index is 0.297. The lowest BCUT2D eigenvalue weighted by Gasteiger charge is -2.35. The van der Waals surface area contributed by atoms with E-state index < -0.39 is 0 Å². The van der Waals surface area contributed by atoms with Crippen molar-refractivity contribution < 1.29 is 0 Å². The molecule has 0 aliphatic carbocycles. The number of pyridine rings is 1. The molecule has 1 aliphatic rings. The van der Waals surface area contributed by atoms with Crippen LogP contribution in [0.1, 0.15) is 6.92 Å². The smallest absolute Gasteiger partial charge is 0.270 e. The second kappa shape index (κ2) is 9.21. The summed E-state index contributed by atoms with van der Waals surface area (Å²) < 4.78 is 3.22. The molecular weight excluding hydrogens is 478 g/mol. The zero-order valence-electron chi connectivity index (χ0n) is 19.7. The van der Waals surface area contributed by atoms with Gasteiger partial charge >= 0.3 is 0 Å². The van der Waals surface area contributed by atoms with Crippen LogP contribution in [0, 0.1) is 0 Å². The molecule has 4 aromatic heterocycles. The van der Waals surface area contributed by atoms with Crippen molar-refractivity contribution in [2.45, 2.75) is 6.92 Å². The number of rotatable bonds is 5. The fourth-order valence-corrected chi connectivity index (χ4v) is 4.76. The Labute approximate surface area is 211 Å². The van der Waals surface area contributed by atoms with Crippen molar-refractivity contribution in [3.05, 3.63) is 76.6 Å². The monoisotopic (exact) mass is 501 g/mol. The van der Waals surface area contributed by atoms with Crippen LogP contribution in [0.15, 0.2) is 66.0 Å². The van der Waals surface area contributed by atoms with Crippen LogP contribution in [-0.4, -0.2) is 66.5 Å². The summed E-state index contributed by atoms with van der Waals surface area (Å²) in [6, 6.07) is 11.1. The average Bonchev–Trinajstić information content (AvgIpc) is 3.40. The number of para-hydroxylation sites is 1. The van der Waals surface area contributed by atoms with Crippen molar-refractivity contribution in [1.82, 2.24) is 33.8 Å². The summed E-state index contributed by atoms with van der Waals surface area (Å²) in [5.74, 6) is 1.37. The average molecular weight is 502 g/mol. The first-order chi connectivity index (χ1) is 17.6. The van der Waals surface area contributed by atoms with E-state index in [-0.39, 0.29) is 5.56 Å². The number of hydrogen-bond acceptors (Lipinski definition) is 8. The van der Waals surface area contributed by atoms with Crippen LogP contribution in [-0.2, 0) is 0 Å². The second-order valence-electron chi connectivity index (χ2n) is 8.57. The van der Waals surface area contributed by atoms with Crippen LogP contribution in [0.5, 0.6) is 0 Å². The summed E-state index contributed by atoms with van der Waals surface area (Å²) in [5.41, 5.74) is 1.79. The van der Waals surface area contributed by atoms with Crippen molar-refractivity contribution in [2.75, 3.05) is 42.9 Å². The normalized spacial score (nSPS) is 14.6. The van der Waals surface area contributed by atoms with Gasteiger partial charge in [0.2, 0.25) is 11.7 Å². The Hall–Kier alpha value is -4.02. The van der Waals surface area contributed by atoms with Crippen molar-refractivity contribution in [3.8, 4) is 5.69 Å². The third-order valence-corrected chi connectivity index (χ3v) is 6.84. The lowest BCUT2D eigenvalue weighted by Crippen LogP contribution is -2.46. The van der Waals surface area contributed by atoms with Gasteiger partial charge in [0.1, 0.15) is 11.2 Å². The Morgan fingerprint density at radius 2 is 1.83 bits per heavy atom. The Balaban J connectivity index is 1.32. The molecule has 1 saturated heterocycles. The van der Waals surface area contributed by atoms with E-state index >= 15 is 0 Å². The lowest BCUT2D eigenvalue weighted by molar-refractivity contribution is 0.271. The van der Waals surface area contributed by atoms with Crippen molar-refractivity contribution in [3.63, 3.8) is 0 Å². The quantitative estimate of drug-likeness (QED) is 0.391. The van der Waals surface area contributed by atoms with Crippen molar-refractivity contribution >= 4 is 45.9 Å². The van der Waals surface area contributed by atoms with Gasteiger partial charge in [0.05, 0.1) is 22.6 Å². The van der Waals surface area contributed by atoms with Crippen LogP contribution < -0.4 is 15.8 Å². The van der Waals surface area contributed by atoms with E-state index in [1.54, 1.807) is 28.9 Å². The van der Waals surface area contributed by atoms with Crippen LogP contribution in [0.3, 0.4) is 0 Å². The molecule has 0 unspecified atom stereocenters. The summed E-state index contributed by atoms with van der Waals surface area (Å²) in [7, 11) is 0. The van der Waals surface area contributed by atoms with Gasteiger partial charge in [0.15, 0.2) is 5.65 Å². The Kier molecular flexibility index (Phi) is 5.74. The van der Waals surface area contributed by atoms with Crippen LogP contribution in [0.2, 0.25) is 5.02 Å². The standard InChI is InChI=1S/C25H24ClN9O/c1-2-32-11-13-33(14-12-32)17-7-8-21(28-15-17)30-24-29-16-18-22(31-24)34-10-9-27-25(34)35(23(18)36)20-6-4-3-5-19(20)26/h3-10,15-16H,2,11-14H2,1H3,(H,28,29,30,31). The van der Waals surface area contributed by atoms with Gasteiger partial charge in [-0.25, -0.2) is 19.5 Å². The van der Waals surface area contributed by atoms with E-state index in [0.717, 1.165) is 38.4 Å². The van der Waals surface area contributed by atoms with Gasteiger partial charge in [0.25, 0.3) is 5.56 Å². The molecule has 5 aromatic rings. The first-order valence-corrected chi connectivity index (χ1v) is 12.2. The number of likely N-dealkylation sites (N-methyl/N-ethyl adjacent to an activating group) is 1. The SMILES string of the molecule is CCN1CCN(c2ccc(Nc3ncc4c(=O)n(-c5ccccc5Cl)c5nccn5c4n3)nc2)CC1. The van der Waals surface area contributed by atoms with Gasteiger partial charge in [-0.3, -0.25) is 9.20 Å². The molecule has 0 radical (unpaired) electrons. The Morgan fingerprint density at radius 3 is 2.58 bits per heavy atom. The third kappa shape index (κ3) is 3.94. The molecule has 11 heteroatoms. The molecule has 0 atom stereocenters. The molecule has 0 saturated carbocycles. The predicted octanol–water partition coefficient (Wildman–Crippen LogP) is 3.36. The Morgan fingerprint density at radius 1 is 1.00 bits per heavy atom. The fraction of sp³-hybridized carbons (Fsp3) is 0.240. The van der Waals surface area contributed by atoms with Crippen molar-refractivity contribution in [1.29, 1.82) is 0 Å². The number of anilines is 3. The molecule has 0 bridgehead atoms. The van der Waals surface area contributed by atoms with E-state index in [1.807, 2.05) is 30.5 Å². The number of fused-ring (bicyclic) bond motifs is 3. The van der Waals surface area contributed by atoms with E-state index in [2.05, 4.69) is 42.0 Å². The molecule has 10 nitrogen and oxygen atoms in total. The molecule has 36 heavy (non-hydrogen) atoms. The topological polar surface area (TPSA) is 96.5 Å². The summed E-state index contributed by atoms with van der Waals surface area (Å²) in [6.07, 6.45) is 6.76. The van der Waals surface area contributed by atoms with Crippen LogP contribution >= 0.6 is 11.6 Å². The van der Waals surface area contributed by atoms with Crippen LogP contribution in [0.4, 0.5) is 17.5 Å². The largest absolute Gasteiger partial charge is 0.368 e. The highest BCUT2D eigenvalue weighted by Crippen LogP contribution is 2.23. The minimum Gasteiger partial charge on any atom is -0.368 e. The maximum absolute atomic E-state index is 13.4. The summed E-state index contributed by atoms with van der Waals surface area (Å²) in [4.78, 5) is 36.2. The molecular formula is C25H24ClN9O.